The molecule has 0 aromatic rings. The molecule has 0 aromatic carbocycles. The van der Waals surface area contributed by atoms with Crippen LogP contribution in [-0.4, -0.2) is 77.8 Å². The zero-order chi connectivity index (χ0) is 17.9. The maximum Gasteiger partial charge on any atom is 0.145 e. The Balaban J connectivity index is 2.41. The van der Waals surface area contributed by atoms with Gasteiger partial charge in [-0.25, -0.2) is 0 Å². The second-order valence-electron chi connectivity index (χ2n) is 8.77. The fourth-order valence-corrected chi connectivity index (χ4v) is 8.97. The molecule has 0 radical (unpaired) electrons. The standard InChI is InChI=1S/C18H39N4PS/c1-16(2)13-20-10-7-19-8-11-21(14-17(3)4)23(20,24)22(12-9-19)15-18(5)6/h16-18H,7-15H2,1-6H3. The minimum atomic E-state index is -1.83. The van der Waals surface area contributed by atoms with Crippen molar-refractivity contribution in [3.05, 3.63) is 0 Å². The van der Waals surface area contributed by atoms with E-state index in [0.29, 0.717) is 17.8 Å². The second-order valence-corrected chi connectivity index (χ2v) is 13.0. The molecule has 3 heterocycles. The zero-order valence-corrected chi connectivity index (χ0v) is 18.5. The Labute approximate surface area is 155 Å². The molecule has 24 heavy (non-hydrogen) atoms. The van der Waals surface area contributed by atoms with Gasteiger partial charge in [-0.15, -0.1) is 0 Å². The Morgan fingerprint density at radius 2 is 0.917 bits per heavy atom. The molecule has 3 saturated heterocycles. The van der Waals surface area contributed by atoms with Gasteiger partial charge in [0.2, 0.25) is 0 Å². The van der Waals surface area contributed by atoms with E-state index in [1.165, 1.54) is 19.6 Å². The molecule has 3 aliphatic rings. The first-order valence-electron chi connectivity index (χ1n) is 9.82. The molecule has 3 fully saturated rings. The Kier molecular flexibility index (Phi) is 7.73. The third kappa shape index (κ3) is 5.02. The third-order valence-corrected chi connectivity index (χ3v) is 10.2. The Morgan fingerprint density at radius 3 is 1.17 bits per heavy atom. The number of nitrogens with zero attached hydrogens (tertiary/aromatic N) is 4. The van der Waals surface area contributed by atoms with Crippen LogP contribution >= 0.6 is 6.49 Å². The lowest BCUT2D eigenvalue weighted by atomic mass is 10.2. The van der Waals surface area contributed by atoms with Gasteiger partial charge < -0.3 is 0 Å². The van der Waals surface area contributed by atoms with Crippen LogP contribution in [0.2, 0.25) is 0 Å². The van der Waals surface area contributed by atoms with E-state index in [2.05, 4.69) is 60.5 Å². The summed E-state index contributed by atoms with van der Waals surface area (Å²) in [6, 6.07) is 0. The molecular weight excluding hydrogens is 335 g/mol. The van der Waals surface area contributed by atoms with Crippen LogP contribution in [-0.2, 0) is 11.8 Å². The van der Waals surface area contributed by atoms with E-state index in [4.69, 9.17) is 11.8 Å². The summed E-state index contributed by atoms with van der Waals surface area (Å²) >= 11 is 6.61. The molecule has 0 aliphatic carbocycles. The van der Waals surface area contributed by atoms with Gasteiger partial charge in [0.25, 0.3) is 0 Å². The first kappa shape index (κ1) is 20.8. The molecule has 0 unspecified atom stereocenters. The van der Waals surface area contributed by atoms with Gasteiger partial charge in [0.15, 0.2) is 0 Å². The minimum Gasteiger partial charge on any atom is -0.299 e. The molecule has 142 valence electrons. The summed E-state index contributed by atoms with van der Waals surface area (Å²) in [6.07, 6.45) is 0. The van der Waals surface area contributed by atoms with Crippen LogP contribution in [0.3, 0.4) is 0 Å². The van der Waals surface area contributed by atoms with Crippen LogP contribution in [0.4, 0.5) is 0 Å². The fourth-order valence-electron chi connectivity index (χ4n) is 3.89. The van der Waals surface area contributed by atoms with Crippen molar-refractivity contribution in [1.82, 2.24) is 18.9 Å². The van der Waals surface area contributed by atoms with Gasteiger partial charge in [0.1, 0.15) is 6.49 Å². The summed E-state index contributed by atoms with van der Waals surface area (Å²) in [5.41, 5.74) is 0. The van der Waals surface area contributed by atoms with Gasteiger partial charge in [0, 0.05) is 58.9 Å². The predicted octanol–water partition coefficient (Wildman–Crippen LogP) is 3.41. The first-order chi connectivity index (χ1) is 11.2. The molecule has 0 saturated carbocycles. The van der Waals surface area contributed by atoms with Crippen LogP contribution in [0, 0.1) is 17.8 Å². The highest BCUT2D eigenvalue weighted by molar-refractivity contribution is 8.11. The maximum atomic E-state index is 6.61. The van der Waals surface area contributed by atoms with Gasteiger partial charge in [0.05, 0.1) is 0 Å². The van der Waals surface area contributed by atoms with Crippen molar-refractivity contribution in [2.45, 2.75) is 41.5 Å². The Bertz CT molecular complexity index is 379. The quantitative estimate of drug-likeness (QED) is 0.659. The monoisotopic (exact) mass is 374 g/mol. The summed E-state index contributed by atoms with van der Waals surface area (Å²) < 4.78 is 8.13. The van der Waals surface area contributed by atoms with Crippen LogP contribution in [0.1, 0.15) is 41.5 Å². The van der Waals surface area contributed by atoms with Crippen LogP contribution in [0.5, 0.6) is 0 Å². The summed E-state index contributed by atoms with van der Waals surface area (Å²) in [5, 5.41) is 0. The van der Waals surface area contributed by atoms with E-state index >= 15 is 0 Å². The lowest BCUT2D eigenvalue weighted by molar-refractivity contribution is 0.151. The number of hydrogen-bond acceptors (Lipinski definition) is 2. The van der Waals surface area contributed by atoms with Crippen molar-refractivity contribution in [1.29, 1.82) is 0 Å². The SMILES string of the molecule is CC(C)CN1CCN2CCN(CC(C)C)P1(=S)N(CC(C)C)CC2. The molecule has 0 N–H and O–H groups in total. The van der Waals surface area contributed by atoms with Crippen LogP contribution in [0.25, 0.3) is 0 Å². The van der Waals surface area contributed by atoms with E-state index in [1.807, 2.05) is 0 Å². The van der Waals surface area contributed by atoms with Crippen molar-refractivity contribution in [3.8, 4) is 0 Å². The summed E-state index contributed by atoms with van der Waals surface area (Å²) in [5.74, 6) is 2.00. The maximum absolute atomic E-state index is 6.61. The lowest BCUT2D eigenvalue weighted by Gasteiger charge is -2.54. The highest BCUT2D eigenvalue weighted by Gasteiger charge is 2.41. The molecule has 3 aliphatic heterocycles. The van der Waals surface area contributed by atoms with Crippen molar-refractivity contribution >= 4 is 18.3 Å². The van der Waals surface area contributed by atoms with Gasteiger partial charge in [-0.3, -0.25) is 18.9 Å². The molecule has 6 heteroatoms. The summed E-state index contributed by atoms with van der Waals surface area (Å²) in [7, 11) is 0. The Morgan fingerprint density at radius 1 is 0.625 bits per heavy atom. The van der Waals surface area contributed by atoms with E-state index in [1.54, 1.807) is 0 Å². The molecule has 0 amide bonds. The molecular formula is C18H39N4PS. The van der Waals surface area contributed by atoms with Gasteiger partial charge in [-0.1, -0.05) is 41.5 Å². The highest BCUT2D eigenvalue weighted by Crippen LogP contribution is 2.58. The van der Waals surface area contributed by atoms with Crippen molar-refractivity contribution < 1.29 is 0 Å². The molecule has 2 bridgehead atoms. The van der Waals surface area contributed by atoms with Gasteiger partial charge in [-0.05, 0) is 29.6 Å². The largest absolute Gasteiger partial charge is 0.299 e. The summed E-state index contributed by atoms with van der Waals surface area (Å²) in [4.78, 5) is 2.66. The normalized spacial score (nSPS) is 31.0. The first-order valence-corrected chi connectivity index (χ1v) is 12.5. The van der Waals surface area contributed by atoms with E-state index < -0.39 is 6.49 Å². The number of hydrogen-bond donors (Lipinski definition) is 0. The minimum absolute atomic E-state index is 0.668. The zero-order valence-electron chi connectivity index (χ0n) is 16.7. The average Bonchev–Trinajstić information content (AvgIpc) is 2.45. The molecule has 3 rings (SSSR count). The lowest BCUT2D eigenvalue weighted by Crippen LogP contribution is -2.55. The highest BCUT2D eigenvalue weighted by atomic mass is 32.4. The predicted molar refractivity (Wildman–Crippen MR) is 110 cm³/mol. The van der Waals surface area contributed by atoms with E-state index in [9.17, 15) is 0 Å². The Hall–Kier alpha value is 0.490. The second kappa shape index (κ2) is 8.92. The van der Waals surface area contributed by atoms with Crippen molar-refractivity contribution in [3.63, 3.8) is 0 Å². The third-order valence-electron chi connectivity index (χ3n) is 4.86. The molecule has 0 aromatic heterocycles. The molecule has 0 spiro atoms. The molecule has 4 nitrogen and oxygen atoms in total. The van der Waals surface area contributed by atoms with E-state index in [0.717, 1.165) is 39.3 Å². The number of fused-ring (bicyclic) bond motifs is 6. The number of rotatable bonds is 6. The average molecular weight is 375 g/mol. The van der Waals surface area contributed by atoms with E-state index in [-0.39, 0.29) is 0 Å². The van der Waals surface area contributed by atoms with Crippen LogP contribution < -0.4 is 0 Å². The topological polar surface area (TPSA) is 13.0 Å². The van der Waals surface area contributed by atoms with Gasteiger partial charge >= 0.3 is 0 Å². The molecule has 0 atom stereocenters. The van der Waals surface area contributed by atoms with Gasteiger partial charge in [-0.2, -0.15) is 0 Å². The van der Waals surface area contributed by atoms with Crippen LogP contribution in [0.15, 0.2) is 0 Å². The smallest absolute Gasteiger partial charge is 0.145 e. The summed E-state index contributed by atoms with van der Waals surface area (Å²) in [6.45, 7) is 22.6. The van der Waals surface area contributed by atoms with Crippen molar-refractivity contribution in [2.24, 2.45) is 17.8 Å². The van der Waals surface area contributed by atoms with Crippen molar-refractivity contribution in [2.75, 3.05) is 58.9 Å². The fraction of sp³-hybridized carbons (Fsp3) is 1.00.